The number of ether oxygens (including phenoxy) is 1. The Morgan fingerprint density at radius 3 is 2.75 bits per heavy atom. The van der Waals surface area contributed by atoms with Crippen molar-refractivity contribution in [2.24, 2.45) is 0 Å². The Morgan fingerprint density at radius 2 is 2.00 bits per heavy atom. The van der Waals surface area contributed by atoms with Gasteiger partial charge >= 0.3 is 0 Å². The van der Waals surface area contributed by atoms with E-state index in [1.807, 2.05) is 37.3 Å². The van der Waals surface area contributed by atoms with Crippen molar-refractivity contribution < 1.29 is 4.74 Å². The zero-order valence-corrected chi connectivity index (χ0v) is 11.4. The largest absolute Gasteiger partial charge is 0.490 e. The van der Waals surface area contributed by atoms with Gasteiger partial charge < -0.3 is 15.8 Å². The van der Waals surface area contributed by atoms with Crippen LogP contribution in [0.3, 0.4) is 0 Å². The Labute approximate surface area is 118 Å². The number of anilines is 2. The molecule has 0 bridgehead atoms. The molecule has 2 rings (SSSR count). The van der Waals surface area contributed by atoms with Crippen LogP contribution < -0.4 is 15.8 Å². The van der Waals surface area contributed by atoms with Gasteiger partial charge in [0.1, 0.15) is 18.4 Å². The molecule has 0 spiro atoms. The Morgan fingerprint density at radius 1 is 1.20 bits per heavy atom. The highest BCUT2D eigenvalue weighted by molar-refractivity contribution is 5.62. The van der Waals surface area contributed by atoms with Gasteiger partial charge in [-0.2, -0.15) is 5.26 Å². The summed E-state index contributed by atoms with van der Waals surface area (Å²) < 4.78 is 5.60. The highest BCUT2D eigenvalue weighted by Gasteiger charge is 2.04. The Bertz CT molecular complexity index is 632. The van der Waals surface area contributed by atoms with Crippen molar-refractivity contribution in [3.63, 3.8) is 0 Å². The van der Waals surface area contributed by atoms with Gasteiger partial charge in [-0.3, -0.25) is 0 Å². The van der Waals surface area contributed by atoms with E-state index in [9.17, 15) is 0 Å². The van der Waals surface area contributed by atoms with Gasteiger partial charge in [-0.15, -0.1) is 0 Å². The van der Waals surface area contributed by atoms with Crippen molar-refractivity contribution in [2.75, 3.05) is 24.2 Å². The molecule has 0 aliphatic rings. The molecule has 0 fully saturated rings. The van der Waals surface area contributed by atoms with Crippen LogP contribution >= 0.6 is 0 Å². The smallest absolute Gasteiger partial charge is 0.142 e. The molecular formula is C16H17N3O. The third-order valence-electron chi connectivity index (χ3n) is 2.97. The molecule has 0 heterocycles. The summed E-state index contributed by atoms with van der Waals surface area (Å²) in [7, 11) is 0. The van der Waals surface area contributed by atoms with Crippen molar-refractivity contribution in [3.8, 4) is 11.8 Å². The molecule has 20 heavy (non-hydrogen) atoms. The van der Waals surface area contributed by atoms with Gasteiger partial charge in [-0.1, -0.05) is 24.3 Å². The van der Waals surface area contributed by atoms with Crippen molar-refractivity contribution in [1.29, 1.82) is 5.26 Å². The van der Waals surface area contributed by atoms with E-state index in [1.54, 1.807) is 12.1 Å². The molecule has 102 valence electrons. The summed E-state index contributed by atoms with van der Waals surface area (Å²) in [4.78, 5) is 0. The molecule has 4 nitrogen and oxygen atoms in total. The first-order valence-corrected chi connectivity index (χ1v) is 6.43. The Kier molecular flexibility index (Phi) is 4.46. The minimum atomic E-state index is 0.480. The number of aryl methyl sites for hydroxylation is 1. The number of nitriles is 1. The number of hydrogen-bond acceptors (Lipinski definition) is 4. The fourth-order valence-corrected chi connectivity index (χ4v) is 1.94. The number of nitrogens with zero attached hydrogens (tertiary/aromatic N) is 1. The lowest BCUT2D eigenvalue weighted by molar-refractivity contribution is 0.334. The maximum absolute atomic E-state index is 9.08. The van der Waals surface area contributed by atoms with Crippen molar-refractivity contribution in [3.05, 3.63) is 53.6 Å². The van der Waals surface area contributed by atoms with Gasteiger partial charge in [0, 0.05) is 6.54 Å². The molecule has 2 aromatic rings. The lowest BCUT2D eigenvalue weighted by Gasteiger charge is -2.12. The summed E-state index contributed by atoms with van der Waals surface area (Å²) in [6.07, 6.45) is 0. The summed E-state index contributed by atoms with van der Waals surface area (Å²) in [6, 6.07) is 15.2. The number of para-hydroxylation sites is 3. The lowest BCUT2D eigenvalue weighted by Crippen LogP contribution is -2.13. The molecule has 0 unspecified atom stereocenters. The molecular weight excluding hydrogens is 250 g/mol. The van der Waals surface area contributed by atoms with E-state index in [2.05, 4.69) is 11.4 Å². The van der Waals surface area contributed by atoms with Crippen LogP contribution in [0.5, 0.6) is 5.75 Å². The molecule has 0 radical (unpaired) electrons. The standard InChI is InChI=1S/C16H17N3O/c1-12-5-4-6-13(11-17)16(12)19-9-10-20-15-8-3-2-7-14(15)18/h2-8,19H,9-10,18H2,1H3. The quantitative estimate of drug-likeness (QED) is 0.645. The second-order valence-electron chi connectivity index (χ2n) is 4.42. The predicted octanol–water partition coefficient (Wildman–Crippen LogP) is 2.94. The normalized spacial score (nSPS) is 9.80. The molecule has 0 saturated carbocycles. The number of nitrogens with one attached hydrogen (secondary N) is 1. The summed E-state index contributed by atoms with van der Waals surface area (Å²) >= 11 is 0. The molecule has 0 amide bonds. The Balaban J connectivity index is 1.91. The average molecular weight is 267 g/mol. The lowest BCUT2D eigenvalue weighted by atomic mass is 10.1. The number of benzene rings is 2. The number of rotatable bonds is 5. The third kappa shape index (κ3) is 3.21. The minimum absolute atomic E-state index is 0.480. The molecule has 0 aliphatic carbocycles. The molecule has 0 saturated heterocycles. The summed E-state index contributed by atoms with van der Waals surface area (Å²) in [5.74, 6) is 0.680. The SMILES string of the molecule is Cc1cccc(C#N)c1NCCOc1ccccc1N. The van der Waals surface area contributed by atoms with Gasteiger partial charge in [0.2, 0.25) is 0 Å². The maximum Gasteiger partial charge on any atom is 0.142 e. The van der Waals surface area contributed by atoms with Crippen LogP contribution in [0.25, 0.3) is 0 Å². The summed E-state index contributed by atoms with van der Waals surface area (Å²) in [6.45, 7) is 3.06. The van der Waals surface area contributed by atoms with Crippen LogP contribution in [0.1, 0.15) is 11.1 Å². The van der Waals surface area contributed by atoms with Crippen molar-refractivity contribution in [2.45, 2.75) is 6.92 Å². The summed E-state index contributed by atoms with van der Waals surface area (Å²) in [5, 5.41) is 12.3. The topological polar surface area (TPSA) is 71.1 Å². The van der Waals surface area contributed by atoms with Crippen molar-refractivity contribution in [1.82, 2.24) is 0 Å². The molecule has 0 aliphatic heterocycles. The third-order valence-corrected chi connectivity index (χ3v) is 2.97. The molecule has 0 aromatic heterocycles. The first-order chi connectivity index (χ1) is 9.72. The molecule has 2 aromatic carbocycles. The van der Waals surface area contributed by atoms with Crippen LogP contribution in [0.4, 0.5) is 11.4 Å². The van der Waals surface area contributed by atoms with E-state index < -0.39 is 0 Å². The van der Waals surface area contributed by atoms with Gasteiger partial charge in [-0.05, 0) is 30.7 Å². The minimum Gasteiger partial charge on any atom is -0.490 e. The molecule has 0 atom stereocenters. The first-order valence-electron chi connectivity index (χ1n) is 6.43. The summed E-state index contributed by atoms with van der Waals surface area (Å²) in [5.41, 5.74) is 8.97. The van der Waals surface area contributed by atoms with E-state index >= 15 is 0 Å². The average Bonchev–Trinajstić information content (AvgIpc) is 2.46. The number of nitrogens with two attached hydrogens (primary N) is 1. The number of hydrogen-bond donors (Lipinski definition) is 2. The van der Waals surface area contributed by atoms with Gasteiger partial charge in [-0.25, -0.2) is 0 Å². The highest BCUT2D eigenvalue weighted by atomic mass is 16.5. The van der Waals surface area contributed by atoms with Crippen LogP contribution in [-0.2, 0) is 0 Å². The van der Waals surface area contributed by atoms with Crippen LogP contribution in [0.15, 0.2) is 42.5 Å². The highest BCUT2D eigenvalue weighted by Crippen LogP contribution is 2.21. The van der Waals surface area contributed by atoms with E-state index in [4.69, 9.17) is 15.7 Å². The van der Waals surface area contributed by atoms with E-state index in [0.717, 1.165) is 11.3 Å². The molecule has 4 heteroatoms. The molecule has 3 N–H and O–H groups in total. The van der Waals surface area contributed by atoms with Crippen LogP contribution in [0, 0.1) is 18.3 Å². The van der Waals surface area contributed by atoms with Gasteiger partial charge in [0.15, 0.2) is 0 Å². The second kappa shape index (κ2) is 6.48. The van der Waals surface area contributed by atoms with E-state index in [-0.39, 0.29) is 0 Å². The van der Waals surface area contributed by atoms with Crippen LogP contribution in [-0.4, -0.2) is 13.2 Å². The van der Waals surface area contributed by atoms with Gasteiger partial charge in [0.25, 0.3) is 0 Å². The predicted molar refractivity (Wildman–Crippen MR) is 80.7 cm³/mol. The zero-order chi connectivity index (χ0) is 14.4. The number of nitrogen functional groups attached to an aromatic ring is 1. The van der Waals surface area contributed by atoms with Crippen molar-refractivity contribution >= 4 is 11.4 Å². The van der Waals surface area contributed by atoms with E-state index in [0.29, 0.717) is 30.2 Å². The fourth-order valence-electron chi connectivity index (χ4n) is 1.94. The zero-order valence-electron chi connectivity index (χ0n) is 11.4. The maximum atomic E-state index is 9.08. The van der Waals surface area contributed by atoms with E-state index in [1.165, 1.54) is 0 Å². The monoisotopic (exact) mass is 267 g/mol. The second-order valence-corrected chi connectivity index (χ2v) is 4.42. The van der Waals surface area contributed by atoms with Gasteiger partial charge in [0.05, 0.1) is 16.9 Å². The fraction of sp³-hybridized carbons (Fsp3) is 0.188. The van der Waals surface area contributed by atoms with Crippen LogP contribution in [0.2, 0.25) is 0 Å². The Hall–Kier alpha value is -2.67. The first kappa shape index (κ1) is 13.8.